The zero-order valence-corrected chi connectivity index (χ0v) is 20.1. The second-order valence-corrected chi connectivity index (χ2v) is 8.21. The number of methoxy groups -OCH3 is 2. The van der Waals surface area contributed by atoms with E-state index in [4.69, 9.17) is 9.47 Å². The van der Waals surface area contributed by atoms with Crippen LogP contribution in [0.25, 0.3) is 17.0 Å². The summed E-state index contributed by atoms with van der Waals surface area (Å²) in [6.07, 6.45) is 8.18. The number of carbonyl (C=O) groups excluding carboxylic acids is 2. The van der Waals surface area contributed by atoms with Gasteiger partial charge in [-0.25, -0.2) is 4.79 Å². The predicted octanol–water partition coefficient (Wildman–Crippen LogP) is 4.93. The van der Waals surface area contributed by atoms with Gasteiger partial charge in [-0.1, -0.05) is 31.2 Å². The van der Waals surface area contributed by atoms with Gasteiger partial charge in [-0.05, 0) is 47.4 Å². The van der Waals surface area contributed by atoms with Crippen molar-refractivity contribution in [2.75, 3.05) is 28.3 Å². The van der Waals surface area contributed by atoms with Gasteiger partial charge in [0.25, 0.3) is 0 Å². The molecule has 6 nitrogen and oxygen atoms in total. The van der Waals surface area contributed by atoms with Gasteiger partial charge < -0.3 is 18.9 Å². The highest BCUT2D eigenvalue weighted by molar-refractivity contribution is 5.90. The van der Waals surface area contributed by atoms with Crippen LogP contribution in [0.4, 0.5) is 0 Å². The third-order valence-electron chi connectivity index (χ3n) is 5.64. The number of rotatable bonds is 9. The molecule has 6 heteroatoms. The third-order valence-corrected chi connectivity index (χ3v) is 5.64. The Bertz CT molecular complexity index is 1170. The lowest BCUT2D eigenvalue weighted by atomic mass is 10.0. The van der Waals surface area contributed by atoms with Crippen LogP contribution in [0.1, 0.15) is 46.8 Å². The van der Waals surface area contributed by atoms with E-state index in [9.17, 15) is 9.59 Å². The van der Waals surface area contributed by atoms with Crippen molar-refractivity contribution in [2.45, 2.75) is 32.7 Å². The highest BCUT2D eigenvalue weighted by Crippen LogP contribution is 2.30. The fourth-order valence-corrected chi connectivity index (χ4v) is 3.88. The molecule has 0 unspecified atom stereocenters. The van der Waals surface area contributed by atoms with Crippen LogP contribution in [-0.4, -0.2) is 49.7 Å². The van der Waals surface area contributed by atoms with Crippen molar-refractivity contribution in [1.82, 2.24) is 9.47 Å². The number of esters is 1. The van der Waals surface area contributed by atoms with Gasteiger partial charge in [0.2, 0.25) is 5.91 Å². The van der Waals surface area contributed by atoms with Crippen LogP contribution < -0.4 is 4.74 Å². The molecular formula is C27H32N2O4. The number of aryl methyl sites for hydroxylation is 1. The van der Waals surface area contributed by atoms with E-state index in [0.29, 0.717) is 24.2 Å². The van der Waals surface area contributed by atoms with Gasteiger partial charge in [0, 0.05) is 50.6 Å². The van der Waals surface area contributed by atoms with Crippen LogP contribution >= 0.6 is 0 Å². The van der Waals surface area contributed by atoms with E-state index >= 15 is 0 Å². The number of hydrogen-bond donors (Lipinski definition) is 0. The summed E-state index contributed by atoms with van der Waals surface area (Å²) in [5, 5.41) is 1.17. The molecule has 0 saturated heterocycles. The third kappa shape index (κ3) is 5.64. The summed E-state index contributed by atoms with van der Waals surface area (Å²) in [5.41, 5.74) is 4.88. The number of benzene rings is 2. The first-order valence-corrected chi connectivity index (χ1v) is 11.1. The summed E-state index contributed by atoms with van der Waals surface area (Å²) in [7, 11) is 6.50. The first-order valence-electron chi connectivity index (χ1n) is 11.1. The monoisotopic (exact) mass is 448 g/mol. The van der Waals surface area contributed by atoms with E-state index in [2.05, 4.69) is 35.9 Å². The average Bonchev–Trinajstić information content (AvgIpc) is 3.15. The minimum atomic E-state index is -0.386. The number of aromatic nitrogens is 1. The smallest absolute Gasteiger partial charge is 0.337 e. The molecule has 3 aromatic rings. The van der Waals surface area contributed by atoms with E-state index in [1.807, 2.05) is 18.2 Å². The summed E-state index contributed by atoms with van der Waals surface area (Å²) in [6, 6.07) is 11.8. The van der Waals surface area contributed by atoms with Crippen LogP contribution in [0.2, 0.25) is 0 Å². The van der Waals surface area contributed by atoms with Gasteiger partial charge in [0.05, 0.1) is 19.8 Å². The predicted molar refractivity (Wildman–Crippen MR) is 132 cm³/mol. The fraction of sp³-hybridized carbons (Fsp3) is 0.333. The lowest BCUT2D eigenvalue weighted by Crippen LogP contribution is -2.20. The van der Waals surface area contributed by atoms with Crippen LogP contribution in [0.5, 0.6) is 5.75 Å². The van der Waals surface area contributed by atoms with Gasteiger partial charge in [0.15, 0.2) is 0 Å². The Hall–Kier alpha value is -3.54. The molecular weight excluding hydrogens is 416 g/mol. The molecule has 3 rings (SSSR count). The summed E-state index contributed by atoms with van der Waals surface area (Å²) in [6.45, 7) is 3.10. The second kappa shape index (κ2) is 10.9. The Morgan fingerprint density at radius 1 is 1.06 bits per heavy atom. The zero-order chi connectivity index (χ0) is 24.0. The molecule has 174 valence electrons. The van der Waals surface area contributed by atoms with Crippen molar-refractivity contribution in [2.24, 2.45) is 0 Å². The molecule has 0 aliphatic carbocycles. The van der Waals surface area contributed by atoms with Crippen LogP contribution in [0.3, 0.4) is 0 Å². The molecule has 0 aliphatic heterocycles. The Morgan fingerprint density at radius 2 is 1.85 bits per heavy atom. The van der Waals surface area contributed by atoms with Gasteiger partial charge in [-0.15, -0.1) is 0 Å². The second-order valence-electron chi connectivity index (χ2n) is 8.21. The number of hydrogen-bond acceptors (Lipinski definition) is 4. The Kier molecular flexibility index (Phi) is 7.93. The number of amides is 1. The van der Waals surface area contributed by atoms with E-state index in [-0.39, 0.29) is 11.9 Å². The van der Waals surface area contributed by atoms with Crippen molar-refractivity contribution in [3.8, 4) is 5.75 Å². The van der Waals surface area contributed by atoms with Crippen molar-refractivity contribution in [3.63, 3.8) is 0 Å². The summed E-state index contributed by atoms with van der Waals surface area (Å²) >= 11 is 0. The number of ether oxygens (including phenoxy) is 2. The molecule has 1 heterocycles. The summed E-state index contributed by atoms with van der Waals surface area (Å²) < 4.78 is 12.7. The normalized spacial score (nSPS) is 11.2. The van der Waals surface area contributed by atoms with Crippen molar-refractivity contribution >= 4 is 28.9 Å². The topological polar surface area (TPSA) is 60.8 Å². The van der Waals surface area contributed by atoms with E-state index in [1.54, 1.807) is 38.2 Å². The van der Waals surface area contributed by atoms with E-state index in [1.165, 1.54) is 23.6 Å². The SMILES string of the molecule is CCCn1cc(Cc2ccc(C(=O)OC)cc2OC)c2cc(/C=C/CC(=O)N(C)C)ccc21. The standard InChI is InChI=1S/C27H32N2O4/c1-6-14-29-18-22(16-20-11-12-21(27(31)33-5)17-25(20)32-4)23-15-19(10-13-24(23)29)8-7-9-26(30)28(2)3/h7-8,10-13,15,17-18H,6,9,14,16H2,1-5H3/b8-7+. The molecule has 0 bridgehead atoms. The molecule has 0 spiro atoms. The maximum atomic E-state index is 11.9. The van der Waals surface area contributed by atoms with Crippen molar-refractivity contribution in [1.29, 1.82) is 0 Å². The maximum Gasteiger partial charge on any atom is 0.337 e. The summed E-state index contributed by atoms with van der Waals surface area (Å²) in [4.78, 5) is 25.3. The minimum Gasteiger partial charge on any atom is -0.496 e. The number of nitrogens with zero attached hydrogens (tertiary/aromatic N) is 2. The highest BCUT2D eigenvalue weighted by atomic mass is 16.5. The molecule has 2 aromatic carbocycles. The van der Waals surface area contributed by atoms with Crippen LogP contribution in [0.15, 0.2) is 48.7 Å². The molecule has 33 heavy (non-hydrogen) atoms. The van der Waals surface area contributed by atoms with E-state index in [0.717, 1.165) is 24.1 Å². The first-order chi connectivity index (χ1) is 15.9. The van der Waals surface area contributed by atoms with Crippen LogP contribution in [0, 0.1) is 0 Å². The Labute approximate surface area is 195 Å². The van der Waals surface area contributed by atoms with Gasteiger partial charge >= 0.3 is 5.97 Å². The molecule has 0 atom stereocenters. The fourth-order valence-electron chi connectivity index (χ4n) is 3.88. The first kappa shape index (κ1) is 24.1. The average molecular weight is 449 g/mol. The molecule has 1 aromatic heterocycles. The summed E-state index contributed by atoms with van der Waals surface area (Å²) in [5.74, 6) is 0.348. The minimum absolute atomic E-state index is 0.0737. The highest BCUT2D eigenvalue weighted by Gasteiger charge is 2.14. The van der Waals surface area contributed by atoms with Gasteiger partial charge in [0.1, 0.15) is 5.75 Å². The largest absolute Gasteiger partial charge is 0.496 e. The number of carbonyl (C=O) groups is 2. The number of fused-ring (bicyclic) bond motifs is 1. The molecule has 1 amide bonds. The Balaban J connectivity index is 1.97. The van der Waals surface area contributed by atoms with Crippen LogP contribution in [-0.2, 0) is 22.5 Å². The molecule has 0 radical (unpaired) electrons. The molecule has 0 fully saturated rings. The Morgan fingerprint density at radius 3 is 2.52 bits per heavy atom. The zero-order valence-electron chi connectivity index (χ0n) is 20.1. The quantitative estimate of drug-likeness (QED) is 0.436. The molecule has 0 N–H and O–H groups in total. The maximum absolute atomic E-state index is 11.9. The molecule has 0 aliphatic rings. The molecule has 0 saturated carbocycles. The van der Waals surface area contributed by atoms with Crippen molar-refractivity contribution < 1.29 is 19.1 Å². The van der Waals surface area contributed by atoms with Gasteiger partial charge in [-0.3, -0.25) is 4.79 Å². The lowest BCUT2D eigenvalue weighted by molar-refractivity contribution is -0.127. The lowest BCUT2D eigenvalue weighted by Gasteiger charge is -2.10. The van der Waals surface area contributed by atoms with Crippen molar-refractivity contribution in [3.05, 3.63) is 70.9 Å². The van der Waals surface area contributed by atoms with E-state index < -0.39 is 0 Å². The van der Waals surface area contributed by atoms with Gasteiger partial charge in [-0.2, -0.15) is 0 Å².